The van der Waals surface area contributed by atoms with Gasteiger partial charge in [-0.3, -0.25) is 14.5 Å². The first-order chi connectivity index (χ1) is 15.8. The van der Waals surface area contributed by atoms with Crippen LogP contribution in [0.4, 0.5) is 5.69 Å². The lowest BCUT2D eigenvalue weighted by atomic mass is 10.0. The molecule has 1 amide bonds. The van der Waals surface area contributed by atoms with Crippen LogP contribution in [0, 0.1) is 0 Å². The molecule has 176 valence electrons. The highest BCUT2D eigenvalue weighted by Crippen LogP contribution is 2.26. The zero-order valence-electron chi connectivity index (χ0n) is 18.0. The van der Waals surface area contributed by atoms with Crippen LogP contribution in [0.25, 0.3) is 0 Å². The number of amidine groups is 1. The summed E-state index contributed by atoms with van der Waals surface area (Å²) in [6, 6.07) is 13.0. The monoisotopic (exact) mass is 490 g/mol. The summed E-state index contributed by atoms with van der Waals surface area (Å²) >= 11 is 0. The summed E-state index contributed by atoms with van der Waals surface area (Å²) < 4.78 is 55.4. The zero-order chi connectivity index (χ0) is 23.5. The summed E-state index contributed by atoms with van der Waals surface area (Å²) in [7, 11) is -7.68. The van der Waals surface area contributed by atoms with Crippen LogP contribution in [0.3, 0.4) is 0 Å². The molecule has 4 rings (SSSR count). The molecule has 0 radical (unpaired) electrons. The number of anilines is 1. The first kappa shape index (κ1) is 23.4. The van der Waals surface area contributed by atoms with Gasteiger partial charge in [0.15, 0.2) is 0 Å². The van der Waals surface area contributed by atoms with Crippen LogP contribution >= 0.6 is 0 Å². The van der Waals surface area contributed by atoms with Crippen LogP contribution in [-0.4, -0.2) is 52.0 Å². The Morgan fingerprint density at radius 2 is 1.70 bits per heavy atom. The van der Waals surface area contributed by atoms with Crippen LogP contribution in [0.2, 0.25) is 0 Å². The number of amides is 1. The third-order valence-electron chi connectivity index (χ3n) is 5.64. The van der Waals surface area contributed by atoms with Gasteiger partial charge in [0, 0.05) is 25.2 Å². The van der Waals surface area contributed by atoms with Gasteiger partial charge in [-0.2, -0.15) is 4.31 Å². The van der Waals surface area contributed by atoms with E-state index in [1.54, 1.807) is 24.3 Å². The molecule has 1 fully saturated rings. The smallest absolute Gasteiger partial charge is 0.262 e. The molecule has 11 heteroatoms. The number of sulfonamides is 2. The molecule has 0 unspecified atom stereocenters. The van der Waals surface area contributed by atoms with Gasteiger partial charge >= 0.3 is 0 Å². The average molecular weight is 491 g/mol. The molecular weight excluding hydrogens is 464 g/mol. The number of nitrogens with one attached hydrogen (secondary N) is 2. The van der Waals surface area contributed by atoms with Crippen molar-refractivity contribution in [3.8, 4) is 0 Å². The quantitative estimate of drug-likeness (QED) is 0.643. The first-order valence-electron chi connectivity index (χ1n) is 10.8. The maximum atomic E-state index is 13.2. The van der Waals surface area contributed by atoms with Crippen molar-refractivity contribution < 1.29 is 21.6 Å². The average Bonchev–Trinajstić information content (AvgIpc) is 3.32. The number of aliphatic imine (C=N–C) groups is 1. The summed E-state index contributed by atoms with van der Waals surface area (Å²) in [6.45, 7) is 0.841. The third-order valence-corrected chi connectivity index (χ3v) is 8.95. The van der Waals surface area contributed by atoms with Gasteiger partial charge in [-0.15, -0.1) is 0 Å². The number of nitrogens with zero attached hydrogens (tertiary/aromatic N) is 2. The van der Waals surface area contributed by atoms with E-state index in [9.17, 15) is 21.6 Å². The van der Waals surface area contributed by atoms with E-state index in [1.165, 1.54) is 34.6 Å². The lowest BCUT2D eigenvalue weighted by Gasteiger charge is -2.33. The Morgan fingerprint density at radius 3 is 2.42 bits per heavy atom. The van der Waals surface area contributed by atoms with Gasteiger partial charge in [0.05, 0.1) is 9.79 Å². The standard InChI is InChI=1S/C22H26N4O5S2/c27-22(20-12-4-5-15-26(20)33(30,31)18-9-2-1-3-10-18)24-17-8-6-11-19(16-17)32(28,29)25-21-13-7-14-23-21/h1-3,6,8-11,16,20H,4-5,7,12-15H2,(H,23,25)(H,24,27)/t20-/m1/s1. The largest absolute Gasteiger partial charge is 0.325 e. The minimum atomic E-state index is -3.84. The highest BCUT2D eigenvalue weighted by molar-refractivity contribution is 7.90. The van der Waals surface area contributed by atoms with Gasteiger partial charge in [0.1, 0.15) is 11.9 Å². The summed E-state index contributed by atoms with van der Waals surface area (Å²) in [4.78, 5) is 17.4. The van der Waals surface area contributed by atoms with Crippen LogP contribution in [0.5, 0.6) is 0 Å². The maximum Gasteiger partial charge on any atom is 0.262 e. The lowest BCUT2D eigenvalue weighted by molar-refractivity contribution is -0.120. The van der Waals surface area contributed by atoms with Crippen LogP contribution in [0.15, 0.2) is 69.4 Å². The van der Waals surface area contributed by atoms with E-state index < -0.39 is 32.0 Å². The van der Waals surface area contributed by atoms with Crippen LogP contribution in [-0.2, 0) is 24.8 Å². The molecular formula is C22H26N4O5S2. The normalized spacial score (nSPS) is 19.6. The van der Waals surface area contributed by atoms with Crippen molar-refractivity contribution >= 4 is 37.5 Å². The highest BCUT2D eigenvalue weighted by Gasteiger charge is 2.37. The molecule has 33 heavy (non-hydrogen) atoms. The van der Waals surface area contributed by atoms with E-state index in [-0.39, 0.29) is 22.0 Å². The Kier molecular flexibility index (Phi) is 6.82. The fourth-order valence-electron chi connectivity index (χ4n) is 3.99. The Labute approximate surface area is 194 Å². The second kappa shape index (κ2) is 9.62. The van der Waals surface area contributed by atoms with Crippen molar-refractivity contribution in [2.45, 2.75) is 47.9 Å². The predicted molar refractivity (Wildman–Crippen MR) is 125 cm³/mol. The fourth-order valence-corrected chi connectivity index (χ4v) is 6.80. The molecule has 0 aliphatic carbocycles. The Morgan fingerprint density at radius 1 is 0.939 bits per heavy atom. The zero-order valence-corrected chi connectivity index (χ0v) is 19.6. The Hall–Kier alpha value is -2.76. The van der Waals surface area contributed by atoms with Gasteiger partial charge in [-0.1, -0.05) is 30.7 Å². The van der Waals surface area contributed by atoms with Crippen molar-refractivity contribution in [3.63, 3.8) is 0 Å². The number of benzene rings is 2. The number of piperidine rings is 1. The molecule has 0 bridgehead atoms. The third kappa shape index (κ3) is 5.26. The van der Waals surface area contributed by atoms with Crippen molar-refractivity contribution in [2.75, 3.05) is 18.4 Å². The molecule has 0 aromatic heterocycles. The van der Waals surface area contributed by atoms with E-state index in [1.807, 2.05) is 0 Å². The minimum absolute atomic E-state index is 0.00712. The van der Waals surface area contributed by atoms with E-state index in [0.29, 0.717) is 31.6 Å². The van der Waals surface area contributed by atoms with Crippen molar-refractivity contribution in [3.05, 3.63) is 54.6 Å². The summed E-state index contributed by atoms with van der Waals surface area (Å²) in [5.74, 6) is -0.0646. The number of carbonyl (C=O) groups excluding carboxylic acids is 1. The molecule has 2 aromatic carbocycles. The number of rotatable bonds is 6. The van der Waals surface area contributed by atoms with E-state index in [0.717, 1.165) is 12.8 Å². The summed E-state index contributed by atoms with van der Waals surface area (Å²) in [5.41, 5.74) is 0.277. The summed E-state index contributed by atoms with van der Waals surface area (Å²) in [5, 5.41) is 2.70. The number of hydrogen-bond donors (Lipinski definition) is 2. The van der Waals surface area contributed by atoms with E-state index in [4.69, 9.17) is 0 Å². The van der Waals surface area contributed by atoms with Crippen molar-refractivity contribution in [1.82, 2.24) is 9.03 Å². The molecule has 2 aromatic rings. The molecule has 1 saturated heterocycles. The molecule has 0 spiro atoms. The van der Waals surface area contributed by atoms with Gasteiger partial charge < -0.3 is 5.32 Å². The molecule has 9 nitrogen and oxygen atoms in total. The molecule has 2 heterocycles. The van der Waals surface area contributed by atoms with Gasteiger partial charge in [-0.25, -0.2) is 16.8 Å². The van der Waals surface area contributed by atoms with Crippen molar-refractivity contribution in [1.29, 1.82) is 0 Å². The Bertz CT molecular complexity index is 1260. The van der Waals surface area contributed by atoms with Gasteiger partial charge in [0.25, 0.3) is 10.0 Å². The number of hydrogen-bond acceptors (Lipinski definition) is 6. The molecule has 2 N–H and O–H groups in total. The lowest BCUT2D eigenvalue weighted by Crippen LogP contribution is -2.49. The topological polar surface area (TPSA) is 125 Å². The molecule has 0 saturated carbocycles. The first-order valence-corrected chi connectivity index (χ1v) is 13.7. The molecule has 1 atom stereocenters. The maximum absolute atomic E-state index is 13.2. The van der Waals surface area contributed by atoms with Gasteiger partial charge in [0.2, 0.25) is 15.9 Å². The second-order valence-corrected chi connectivity index (χ2v) is 11.6. The SMILES string of the molecule is O=C(Nc1cccc(S(=O)(=O)NC2=NCCC2)c1)[C@H]1CCCCN1S(=O)(=O)c1ccccc1. The predicted octanol–water partition coefficient (Wildman–Crippen LogP) is 2.34. The molecule has 2 aliphatic rings. The van der Waals surface area contributed by atoms with Crippen LogP contribution in [0.1, 0.15) is 32.1 Å². The van der Waals surface area contributed by atoms with Crippen molar-refractivity contribution in [2.24, 2.45) is 4.99 Å². The van der Waals surface area contributed by atoms with Gasteiger partial charge in [-0.05, 0) is 49.6 Å². The molecule has 2 aliphatic heterocycles. The second-order valence-electron chi connectivity index (χ2n) is 7.99. The highest BCUT2D eigenvalue weighted by atomic mass is 32.2. The van der Waals surface area contributed by atoms with E-state index in [2.05, 4.69) is 15.0 Å². The minimum Gasteiger partial charge on any atom is -0.325 e. The summed E-state index contributed by atoms with van der Waals surface area (Å²) in [6.07, 6.45) is 3.15. The van der Waals surface area contributed by atoms with Crippen LogP contribution < -0.4 is 10.0 Å². The Balaban J connectivity index is 1.53. The number of carbonyl (C=O) groups is 1. The van der Waals surface area contributed by atoms with E-state index >= 15 is 0 Å². The fraction of sp³-hybridized carbons (Fsp3) is 0.364.